The summed E-state index contributed by atoms with van der Waals surface area (Å²) in [5.74, 6) is -1.90. The Morgan fingerprint density at radius 1 is 0.655 bits per heavy atom. The van der Waals surface area contributed by atoms with Gasteiger partial charge in [-0.25, -0.2) is 0 Å². The Bertz CT molecular complexity index is 1160. The molecular formula is C22H15O4S2Si-. The summed E-state index contributed by atoms with van der Waals surface area (Å²) < 4.78 is 0. The average Bonchev–Trinajstić information content (AvgIpc) is 3.40. The molecule has 0 saturated carbocycles. The molecule has 1 aliphatic heterocycles. The van der Waals surface area contributed by atoms with Gasteiger partial charge in [0.25, 0.3) is 0 Å². The monoisotopic (exact) mass is 435 g/mol. The zero-order valence-electron chi connectivity index (χ0n) is 15.0. The zero-order valence-corrected chi connectivity index (χ0v) is 17.8. The first-order valence-corrected chi connectivity index (χ1v) is 13.0. The van der Waals surface area contributed by atoms with Crippen molar-refractivity contribution in [3.05, 3.63) is 82.6 Å². The molecule has 0 unspecified atom stereocenters. The van der Waals surface area contributed by atoms with Crippen LogP contribution in [0.3, 0.4) is 0 Å². The first-order valence-electron chi connectivity index (χ1n) is 9.05. The molecule has 7 heteroatoms. The van der Waals surface area contributed by atoms with Crippen LogP contribution in [0.5, 0.6) is 0 Å². The van der Waals surface area contributed by atoms with Gasteiger partial charge in [0.1, 0.15) is 0 Å². The van der Waals surface area contributed by atoms with Crippen LogP contribution in [0, 0.1) is 0 Å². The van der Waals surface area contributed by atoms with Crippen LogP contribution >= 0.6 is 22.7 Å². The van der Waals surface area contributed by atoms with Crippen LogP contribution in [0.1, 0.15) is 19.3 Å². The molecule has 4 nitrogen and oxygen atoms in total. The number of carbonyl (C=O) groups is 2. The number of hydrogen-bond acceptors (Lipinski definition) is 4. The van der Waals surface area contributed by atoms with Crippen molar-refractivity contribution in [3.8, 4) is 9.75 Å². The van der Waals surface area contributed by atoms with Gasteiger partial charge in [0.15, 0.2) is 0 Å². The van der Waals surface area contributed by atoms with E-state index in [9.17, 15) is 19.8 Å². The fraction of sp³-hybridized carbons (Fsp3) is 0. The summed E-state index contributed by atoms with van der Waals surface area (Å²) in [7, 11) is -3.19. The summed E-state index contributed by atoms with van der Waals surface area (Å²) in [4.78, 5) is 25.9. The summed E-state index contributed by atoms with van der Waals surface area (Å²) in [5.41, 5.74) is 0. The molecule has 1 aliphatic rings. The maximum absolute atomic E-state index is 11.8. The standard InChI is InChI=1S/C22H15O4S2Si/c23-21(24)15-11-17-19(27-15)20-18(12-16(28-20)22(25)26)29(17,13-7-3-1-4-8-13)14-9-5-2-6-10-14/h1-12,29H,(H,23,24)(H,25,26)/q-1. The third-order valence-electron chi connectivity index (χ3n) is 5.68. The molecule has 4 aromatic rings. The second-order valence-electron chi connectivity index (χ2n) is 7.09. The van der Waals surface area contributed by atoms with Gasteiger partial charge in [-0.2, -0.15) is 0 Å². The van der Waals surface area contributed by atoms with Gasteiger partial charge in [-0.15, -0.1) is 0 Å². The van der Waals surface area contributed by atoms with Gasteiger partial charge >= 0.3 is 176 Å². The molecule has 2 aromatic carbocycles. The fourth-order valence-electron chi connectivity index (χ4n) is 4.58. The first-order chi connectivity index (χ1) is 14.0. The van der Waals surface area contributed by atoms with Gasteiger partial charge in [-0.3, -0.25) is 0 Å². The predicted octanol–water partition coefficient (Wildman–Crippen LogP) is 2.30. The van der Waals surface area contributed by atoms with Gasteiger partial charge in [-0.1, -0.05) is 0 Å². The maximum atomic E-state index is 11.8. The summed E-state index contributed by atoms with van der Waals surface area (Å²) in [6, 6.07) is 23.9. The quantitative estimate of drug-likeness (QED) is 0.425. The van der Waals surface area contributed by atoms with E-state index in [2.05, 4.69) is 24.3 Å². The van der Waals surface area contributed by atoms with Crippen molar-refractivity contribution in [2.24, 2.45) is 0 Å². The third kappa shape index (κ3) is 2.48. The molecule has 0 spiro atoms. The molecule has 0 atom stereocenters. The van der Waals surface area contributed by atoms with Crippen molar-refractivity contribution in [3.63, 3.8) is 0 Å². The van der Waals surface area contributed by atoms with E-state index in [1.165, 1.54) is 22.7 Å². The summed E-state index contributed by atoms with van der Waals surface area (Å²) in [5, 5.41) is 23.7. The summed E-state index contributed by atoms with van der Waals surface area (Å²) in [6.07, 6.45) is 0. The molecule has 2 aromatic heterocycles. The van der Waals surface area contributed by atoms with Crippen molar-refractivity contribution < 1.29 is 19.8 Å². The van der Waals surface area contributed by atoms with Crippen molar-refractivity contribution >= 4 is 63.4 Å². The predicted molar refractivity (Wildman–Crippen MR) is 120 cm³/mol. The number of rotatable bonds is 4. The second-order valence-corrected chi connectivity index (χ2v) is 13.5. The van der Waals surface area contributed by atoms with Crippen LogP contribution in [0.15, 0.2) is 72.8 Å². The van der Waals surface area contributed by atoms with Gasteiger partial charge < -0.3 is 0 Å². The normalized spacial score (nSPS) is 14.8. The van der Waals surface area contributed by atoms with E-state index in [0.717, 1.165) is 30.5 Å². The molecule has 0 saturated heterocycles. The van der Waals surface area contributed by atoms with E-state index in [-0.39, 0.29) is 0 Å². The third-order valence-corrected chi connectivity index (χ3v) is 14.1. The molecule has 3 heterocycles. The van der Waals surface area contributed by atoms with E-state index in [4.69, 9.17) is 0 Å². The van der Waals surface area contributed by atoms with E-state index < -0.39 is 20.0 Å². The Kier molecular flexibility index (Phi) is 4.06. The Labute approximate surface area is 175 Å². The zero-order chi connectivity index (χ0) is 20.2. The topological polar surface area (TPSA) is 74.6 Å². The molecule has 0 bridgehead atoms. The van der Waals surface area contributed by atoms with Crippen LogP contribution in [0.25, 0.3) is 9.75 Å². The van der Waals surface area contributed by atoms with Crippen LogP contribution < -0.4 is 20.7 Å². The van der Waals surface area contributed by atoms with E-state index >= 15 is 0 Å². The number of aromatic carboxylic acids is 2. The van der Waals surface area contributed by atoms with Crippen LogP contribution in [0.2, 0.25) is 0 Å². The van der Waals surface area contributed by atoms with E-state index in [1.54, 1.807) is 0 Å². The summed E-state index contributed by atoms with van der Waals surface area (Å²) in [6.45, 7) is 0. The fourth-order valence-corrected chi connectivity index (χ4v) is 14.1. The minimum atomic E-state index is -3.19. The van der Waals surface area contributed by atoms with Gasteiger partial charge in [-0.05, 0) is 0 Å². The molecule has 0 radical (unpaired) electrons. The van der Waals surface area contributed by atoms with Crippen LogP contribution in [0.4, 0.5) is 0 Å². The molecule has 0 amide bonds. The van der Waals surface area contributed by atoms with Gasteiger partial charge in [0.2, 0.25) is 0 Å². The second kappa shape index (κ2) is 6.52. The van der Waals surface area contributed by atoms with Crippen molar-refractivity contribution in [1.82, 2.24) is 0 Å². The molecular weight excluding hydrogens is 420 g/mol. The number of carboxylic acids is 2. The number of thiophene rings is 2. The molecule has 5 rings (SSSR count). The molecule has 0 fully saturated rings. The van der Waals surface area contributed by atoms with E-state index in [0.29, 0.717) is 9.75 Å². The Balaban J connectivity index is 1.95. The Morgan fingerprint density at radius 3 is 1.38 bits per heavy atom. The number of hydrogen-bond donors (Lipinski definition) is 2. The van der Waals surface area contributed by atoms with Gasteiger partial charge in [0.05, 0.1) is 0 Å². The van der Waals surface area contributed by atoms with Crippen molar-refractivity contribution in [2.45, 2.75) is 0 Å². The number of benzene rings is 2. The van der Waals surface area contributed by atoms with Crippen molar-refractivity contribution in [1.29, 1.82) is 0 Å². The average molecular weight is 436 g/mol. The van der Waals surface area contributed by atoms with E-state index in [1.807, 2.05) is 48.5 Å². The van der Waals surface area contributed by atoms with Crippen molar-refractivity contribution in [2.75, 3.05) is 0 Å². The number of fused-ring (bicyclic) bond motifs is 3. The minimum absolute atomic E-state index is 0.294. The first kappa shape index (κ1) is 18.1. The van der Waals surface area contributed by atoms with Crippen LogP contribution in [-0.4, -0.2) is 30.2 Å². The Morgan fingerprint density at radius 2 is 1.03 bits per heavy atom. The Hall–Kier alpha value is -3.00. The molecule has 144 valence electrons. The summed E-state index contributed by atoms with van der Waals surface area (Å²) >= 11 is 2.50. The SMILES string of the molecule is O=C(O)c1cc2c(s1)-c1sc(C(=O)O)cc1[SiH-]2(c1ccccc1)c1ccccc1. The molecule has 0 aliphatic carbocycles. The number of carboxylic acid groups (broad SMARTS) is 2. The molecule has 2 N–H and O–H groups in total. The molecule has 29 heavy (non-hydrogen) atoms. The van der Waals surface area contributed by atoms with Crippen LogP contribution in [-0.2, 0) is 0 Å². The van der Waals surface area contributed by atoms with Gasteiger partial charge in [0, 0.05) is 0 Å².